The van der Waals surface area contributed by atoms with E-state index in [1.54, 1.807) is 0 Å². The van der Waals surface area contributed by atoms with Crippen LogP contribution in [0.3, 0.4) is 0 Å². The van der Waals surface area contributed by atoms with E-state index < -0.39 is 26.5 Å². The molecule has 0 bridgehead atoms. The minimum Gasteiger partial charge on any atom is -0.312 e. The van der Waals surface area contributed by atoms with Gasteiger partial charge in [-0.25, -0.2) is 9.65 Å². The summed E-state index contributed by atoms with van der Waals surface area (Å²) in [5.41, 5.74) is -2.42. The van der Waals surface area contributed by atoms with Crippen molar-refractivity contribution in [2.24, 2.45) is 0 Å². The smallest absolute Gasteiger partial charge is 0.312 e. The molecule has 0 saturated heterocycles. The minimum atomic E-state index is -3.33. The van der Waals surface area contributed by atoms with Gasteiger partial charge in [-0.2, -0.15) is 0 Å². The quantitative estimate of drug-likeness (QED) is 0.345. The second kappa shape index (κ2) is 11.8. The van der Waals surface area contributed by atoms with Gasteiger partial charge < -0.3 is 13.6 Å². The number of hydrogen-bond donors (Lipinski definition) is 1. The molecule has 0 rings (SSSR count). The van der Waals surface area contributed by atoms with E-state index in [9.17, 15) is 4.57 Å². The second-order valence-electron chi connectivity index (χ2n) is 14.5. The fourth-order valence-electron chi connectivity index (χ4n) is 2.50. The van der Waals surface area contributed by atoms with Crippen LogP contribution in [0.15, 0.2) is 0 Å². The maximum absolute atomic E-state index is 12.7. The second-order valence-corrected chi connectivity index (χ2v) is 17.8. The Kier molecular flexibility index (Phi) is 12.6. The monoisotopic (exact) mass is 529 g/mol. The van der Waals surface area contributed by atoms with E-state index in [1.165, 1.54) is 0 Å². The summed E-state index contributed by atoms with van der Waals surface area (Å²) in [6.45, 7) is 34.7. The normalized spacial score (nSPS) is 15.1. The van der Waals surface area contributed by atoms with E-state index >= 15 is 0 Å². The van der Waals surface area contributed by atoms with Gasteiger partial charge >= 0.3 is 7.75 Å². The number of hydrogen-bond acceptors (Lipinski definition) is 6. The first-order chi connectivity index (χ1) is 14.2. The van der Waals surface area contributed by atoms with Gasteiger partial charge in [0, 0.05) is 5.54 Å². The molecule has 0 atom stereocenters. The first-order valence-electron chi connectivity index (χ1n) is 11.9. The molecule has 9 heteroatoms. The molecule has 0 aliphatic carbocycles. The molecule has 7 nitrogen and oxygen atoms in total. The van der Waals surface area contributed by atoms with Gasteiger partial charge in [0.1, 0.15) is 0 Å². The van der Waals surface area contributed by atoms with Crippen molar-refractivity contribution < 1.29 is 27.2 Å². The zero-order valence-electron chi connectivity index (χ0n) is 25.6. The van der Waals surface area contributed by atoms with Gasteiger partial charge in [-0.15, -0.1) is 0 Å². The Balaban J connectivity index is 0. The van der Waals surface area contributed by atoms with Crippen LogP contribution in [-0.4, -0.2) is 39.8 Å². The van der Waals surface area contributed by atoms with Gasteiger partial charge in [0.05, 0.1) is 28.0 Å². The number of nitrogens with one attached hydrogen (secondary N) is 1. The van der Waals surface area contributed by atoms with Gasteiger partial charge in [0.2, 0.25) is 0 Å². The lowest BCUT2D eigenvalue weighted by Crippen LogP contribution is -2.38. The average molecular weight is 530 g/mol. The predicted molar refractivity (Wildman–Crippen MR) is 149 cm³/mol. The Morgan fingerprint density at radius 2 is 0.676 bits per heavy atom. The third kappa shape index (κ3) is 24.0. The molecule has 0 radical (unpaired) electrons. The molecule has 208 valence electrons. The molecule has 0 aromatic carbocycles. The Morgan fingerprint density at radius 3 is 0.824 bits per heavy atom. The van der Waals surface area contributed by atoms with Crippen molar-refractivity contribution in [3.8, 4) is 0 Å². The summed E-state index contributed by atoms with van der Waals surface area (Å²) in [5, 5.41) is 2.96. The molecule has 0 unspecified atom stereocenters. The van der Waals surface area contributed by atoms with Gasteiger partial charge in [-0.1, -0.05) is 0 Å². The lowest BCUT2D eigenvalue weighted by molar-refractivity contribution is -0.00180. The van der Waals surface area contributed by atoms with Gasteiger partial charge in [-0.05, 0) is 131 Å². The van der Waals surface area contributed by atoms with E-state index in [4.69, 9.17) is 22.6 Å². The van der Waals surface area contributed by atoms with Gasteiger partial charge in [0.25, 0.3) is 7.57 Å². The van der Waals surface area contributed by atoms with Crippen LogP contribution in [-0.2, 0) is 27.2 Å². The van der Waals surface area contributed by atoms with Crippen LogP contribution >= 0.6 is 15.3 Å². The highest BCUT2D eigenvalue weighted by Gasteiger charge is 2.38. The molecular formula is C25H57NO6P2. The average Bonchev–Trinajstić information content (AvgIpc) is 2.20. The first kappa shape index (κ1) is 36.4. The molecule has 0 aromatic heterocycles. The molecule has 0 aliphatic rings. The fraction of sp³-hybridized carbons (Fsp3) is 0.960. The highest BCUT2D eigenvalue weighted by molar-refractivity contribution is 7.59. The molecule has 0 amide bonds. The maximum Gasteiger partial charge on any atom is 0.406 e. The molecule has 0 aliphatic heterocycles. The van der Waals surface area contributed by atoms with Crippen LogP contribution in [0, 0.1) is 0 Å². The maximum atomic E-state index is 12.7. The fourth-order valence-corrected chi connectivity index (χ4v) is 7.51. The third-order valence-corrected chi connectivity index (χ3v) is 7.50. The molecule has 0 heterocycles. The summed E-state index contributed by atoms with van der Waals surface area (Å²) >= 11 is 0. The summed E-state index contributed by atoms with van der Waals surface area (Å²) in [5.74, 6) is 0. The van der Waals surface area contributed by atoms with E-state index in [-0.39, 0.29) is 22.3 Å². The van der Waals surface area contributed by atoms with Crippen molar-refractivity contribution in [1.29, 1.82) is 0 Å². The highest BCUT2D eigenvalue weighted by atomic mass is 31.2. The van der Waals surface area contributed by atoms with Crippen molar-refractivity contribution in [2.45, 2.75) is 158 Å². The van der Waals surface area contributed by atoms with E-state index in [1.807, 2.05) is 125 Å². The Bertz CT molecular complexity index is 552. The molecule has 0 fully saturated rings. The topological polar surface area (TPSA) is 75.2 Å². The summed E-state index contributed by atoms with van der Waals surface area (Å²) in [7, 11) is -5.92. The molecule has 0 saturated carbocycles. The SMILES string of the molecule is C=P(OC(C)(C)C)(OC(C)(C)C)OC(C)(C)C.CC(C)(C)NP(=O)(OC(C)(C)C)OC(C)(C)C. The zero-order valence-corrected chi connectivity index (χ0v) is 27.3. The minimum absolute atomic E-state index is 0.341. The van der Waals surface area contributed by atoms with Crippen molar-refractivity contribution in [3.05, 3.63) is 0 Å². The van der Waals surface area contributed by atoms with Crippen LogP contribution < -0.4 is 5.09 Å². The predicted octanol–water partition coefficient (Wildman–Crippen LogP) is 8.74. The van der Waals surface area contributed by atoms with Crippen LogP contribution in [0.4, 0.5) is 0 Å². The summed E-state index contributed by atoms with van der Waals surface area (Å²) in [6, 6.07) is 0. The molecule has 0 spiro atoms. The van der Waals surface area contributed by atoms with Crippen molar-refractivity contribution in [2.75, 3.05) is 0 Å². The van der Waals surface area contributed by atoms with Crippen LogP contribution in [0.1, 0.15) is 125 Å². The first-order valence-corrected chi connectivity index (χ1v) is 15.2. The summed E-state index contributed by atoms with van der Waals surface area (Å²) < 4.78 is 41.7. The molecule has 0 aromatic rings. The van der Waals surface area contributed by atoms with E-state index in [0.717, 1.165) is 0 Å². The summed E-state index contributed by atoms with van der Waals surface area (Å²) in [6.07, 6.45) is 4.07. The number of rotatable bonds is 6. The lowest BCUT2D eigenvalue weighted by atomic mass is 10.1. The standard InChI is InChI=1S/C13H29O3P.C12H28NO3P/c1-11(2,3)14-17(10,15-12(4,5)6)16-13(7,8)9;1-10(2,3)13-17(14,15-11(4,5)6)16-12(7,8)9/h10H2,1-9H3;1-9H3,(H,13,14). The van der Waals surface area contributed by atoms with Gasteiger partial charge in [0.15, 0.2) is 0 Å². The zero-order chi connectivity index (χ0) is 28.2. The Morgan fingerprint density at radius 1 is 0.471 bits per heavy atom. The lowest BCUT2D eigenvalue weighted by Gasteiger charge is -2.39. The molecular weight excluding hydrogens is 472 g/mol. The van der Waals surface area contributed by atoms with Crippen LogP contribution in [0.5, 0.6) is 0 Å². The van der Waals surface area contributed by atoms with Gasteiger partial charge in [-0.3, -0.25) is 9.05 Å². The summed E-state index contributed by atoms with van der Waals surface area (Å²) in [4.78, 5) is 0. The highest BCUT2D eigenvalue weighted by Crippen LogP contribution is 2.57. The largest absolute Gasteiger partial charge is 0.406 e. The Labute approximate surface area is 212 Å². The van der Waals surface area contributed by atoms with Crippen molar-refractivity contribution in [3.63, 3.8) is 0 Å². The van der Waals surface area contributed by atoms with E-state index in [2.05, 4.69) is 11.4 Å². The van der Waals surface area contributed by atoms with E-state index in [0.29, 0.717) is 0 Å². The van der Waals surface area contributed by atoms with Crippen LogP contribution in [0.2, 0.25) is 0 Å². The Hall–Kier alpha value is 0.290. The van der Waals surface area contributed by atoms with Crippen molar-refractivity contribution in [1.82, 2.24) is 5.09 Å². The van der Waals surface area contributed by atoms with Crippen LogP contribution in [0.25, 0.3) is 0 Å². The molecule has 1 N–H and O–H groups in total. The molecule has 34 heavy (non-hydrogen) atoms. The van der Waals surface area contributed by atoms with Crippen molar-refractivity contribution >= 4 is 21.6 Å². The third-order valence-electron chi connectivity index (χ3n) is 2.50.